The van der Waals surface area contributed by atoms with Gasteiger partial charge < -0.3 is 15.5 Å². The number of hydrogen-bond donors (Lipinski definition) is 2. The Morgan fingerprint density at radius 1 is 1.19 bits per heavy atom. The molecule has 3 aromatic rings. The van der Waals surface area contributed by atoms with Crippen LogP contribution in [0.2, 0.25) is 0 Å². The highest BCUT2D eigenvalue weighted by Crippen LogP contribution is 2.30. The number of anilines is 1. The summed E-state index contributed by atoms with van der Waals surface area (Å²) < 4.78 is 5.08. The molecule has 0 aliphatic rings. The second-order valence-corrected chi connectivity index (χ2v) is 4.77. The molecule has 0 aliphatic carbocycles. The van der Waals surface area contributed by atoms with Crippen molar-refractivity contribution in [3.63, 3.8) is 0 Å². The zero-order valence-electron chi connectivity index (χ0n) is 11.7. The van der Waals surface area contributed by atoms with Crippen molar-refractivity contribution < 1.29 is 9.53 Å². The van der Waals surface area contributed by atoms with Crippen molar-refractivity contribution >= 4 is 22.6 Å². The molecule has 0 spiro atoms. The molecule has 21 heavy (non-hydrogen) atoms. The van der Waals surface area contributed by atoms with Crippen molar-refractivity contribution in [1.82, 2.24) is 4.98 Å². The van der Waals surface area contributed by atoms with Gasteiger partial charge in [0.25, 0.3) is 0 Å². The van der Waals surface area contributed by atoms with E-state index in [1.165, 1.54) is 0 Å². The highest BCUT2D eigenvalue weighted by Gasteiger charge is 2.19. The van der Waals surface area contributed by atoms with Crippen molar-refractivity contribution in [3.05, 3.63) is 54.2 Å². The molecule has 0 amide bonds. The minimum atomic E-state index is -0.403. The van der Waals surface area contributed by atoms with Gasteiger partial charge in [-0.3, -0.25) is 0 Å². The van der Waals surface area contributed by atoms with Crippen LogP contribution >= 0.6 is 0 Å². The third kappa shape index (κ3) is 2.36. The number of hydrogen-bond acceptors (Lipinski definition) is 3. The first-order valence-electron chi connectivity index (χ1n) is 6.84. The number of nitrogens with two attached hydrogens (primary N) is 1. The maximum Gasteiger partial charge on any atom is 0.342 e. The second-order valence-electron chi connectivity index (χ2n) is 4.77. The monoisotopic (exact) mass is 280 g/mol. The number of aromatic nitrogens is 1. The maximum absolute atomic E-state index is 12.1. The Balaban J connectivity index is 2.12. The number of carbonyl (C=O) groups is 1. The molecule has 0 saturated heterocycles. The molecule has 4 nitrogen and oxygen atoms in total. The molecule has 2 aromatic carbocycles. The number of carbonyl (C=O) groups excluding carboxylic acids is 1. The molecule has 0 unspecified atom stereocenters. The summed E-state index contributed by atoms with van der Waals surface area (Å²) in [4.78, 5) is 15.0. The van der Waals surface area contributed by atoms with Gasteiger partial charge in [0.2, 0.25) is 0 Å². The summed E-state index contributed by atoms with van der Waals surface area (Å²) >= 11 is 0. The van der Waals surface area contributed by atoms with Crippen LogP contribution in [0.5, 0.6) is 0 Å². The number of aromatic amines is 1. The first-order valence-corrected chi connectivity index (χ1v) is 6.84. The lowest BCUT2D eigenvalue weighted by Crippen LogP contribution is -2.07. The predicted octanol–water partition coefficient (Wildman–Crippen LogP) is 3.59. The first-order chi connectivity index (χ1) is 10.2. The van der Waals surface area contributed by atoms with Gasteiger partial charge in [-0.1, -0.05) is 36.4 Å². The number of esters is 1. The van der Waals surface area contributed by atoms with Crippen LogP contribution in [0.25, 0.3) is 21.9 Å². The molecule has 3 N–H and O–H groups in total. The fourth-order valence-corrected chi connectivity index (χ4v) is 2.45. The summed E-state index contributed by atoms with van der Waals surface area (Å²) in [5.74, 6) is -0.0731. The molecule has 0 bridgehead atoms. The molecule has 0 atom stereocenters. The topological polar surface area (TPSA) is 68.1 Å². The third-order valence-electron chi connectivity index (χ3n) is 3.45. The molecule has 0 aliphatic heterocycles. The lowest BCUT2D eigenvalue weighted by molar-refractivity contribution is 0.0528. The Kier molecular flexibility index (Phi) is 3.36. The van der Waals surface area contributed by atoms with Crippen molar-refractivity contribution in [1.29, 1.82) is 0 Å². The average Bonchev–Trinajstić information content (AvgIpc) is 2.89. The zero-order chi connectivity index (χ0) is 14.8. The van der Waals surface area contributed by atoms with Gasteiger partial charge in [-0.05, 0) is 29.3 Å². The van der Waals surface area contributed by atoms with Gasteiger partial charge in [0, 0.05) is 11.8 Å². The van der Waals surface area contributed by atoms with Crippen LogP contribution in [-0.2, 0) is 4.74 Å². The minimum Gasteiger partial charge on any atom is -0.462 e. The van der Waals surface area contributed by atoms with Crippen molar-refractivity contribution in [2.75, 3.05) is 12.3 Å². The maximum atomic E-state index is 12.1. The smallest absolute Gasteiger partial charge is 0.342 e. The van der Waals surface area contributed by atoms with Crippen LogP contribution in [0, 0.1) is 0 Å². The SMILES string of the molecule is CCOC(=O)c1c(-c2ccc3ccccc3c2)c[nH]c1N. The van der Waals surface area contributed by atoms with Crippen molar-refractivity contribution in [2.24, 2.45) is 0 Å². The molecule has 1 heterocycles. The number of benzene rings is 2. The molecule has 0 radical (unpaired) electrons. The van der Waals surface area contributed by atoms with Crippen LogP contribution in [0.4, 0.5) is 5.82 Å². The quantitative estimate of drug-likeness (QED) is 0.720. The molecular formula is C17H16N2O2. The van der Waals surface area contributed by atoms with E-state index in [9.17, 15) is 4.79 Å². The molecule has 106 valence electrons. The lowest BCUT2D eigenvalue weighted by Gasteiger charge is -2.06. The first kappa shape index (κ1) is 13.2. The Morgan fingerprint density at radius 3 is 2.71 bits per heavy atom. The second kappa shape index (κ2) is 5.32. The molecule has 4 heteroatoms. The van der Waals surface area contributed by atoms with E-state index in [1.54, 1.807) is 13.1 Å². The molecule has 3 rings (SSSR count). The van der Waals surface area contributed by atoms with Crippen LogP contribution in [-0.4, -0.2) is 17.6 Å². The summed E-state index contributed by atoms with van der Waals surface area (Å²) in [6.45, 7) is 2.09. The fraction of sp³-hybridized carbons (Fsp3) is 0.118. The third-order valence-corrected chi connectivity index (χ3v) is 3.45. The minimum absolute atomic E-state index is 0.320. The highest BCUT2D eigenvalue weighted by molar-refractivity contribution is 6.03. The highest BCUT2D eigenvalue weighted by atomic mass is 16.5. The van der Waals surface area contributed by atoms with E-state index in [0.29, 0.717) is 18.0 Å². The van der Waals surface area contributed by atoms with E-state index in [-0.39, 0.29) is 0 Å². The van der Waals surface area contributed by atoms with Crippen LogP contribution < -0.4 is 5.73 Å². The van der Waals surface area contributed by atoms with Crippen LogP contribution in [0.3, 0.4) is 0 Å². The summed E-state index contributed by atoms with van der Waals surface area (Å²) in [5, 5.41) is 2.27. The average molecular weight is 280 g/mol. The zero-order valence-corrected chi connectivity index (χ0v) is 11.7. The number of nitrogens with one attached hydrogen (secondary N) is 1. The van der Waals surface area contributed by atoms with E-state index in [4.69, 9.17) is 10.5 Å². The van der Waals surface area contributed by atoms with Crippen molar-refractivity contribution in [3.8, 4) is 11.1 Å². The summed E-state index contributed by atoms with van der Waals surface area (Å²) in [5.41, 5.74) is 7.96. The van der Waals surface area contributed by atoms with Gasteiger partial charge >= 0.3 is 5.97 Å². The van der Waals surface area contributed by atoms with E-state index in [1.807, 2.05) is 36.4 Å². The number of H-pyrrole nitrogens is 1. The number of nitrogen functional groups attached to an aromatic ring is 1. The van der Waals surface area contributed by atoms with Crippen molar-refractivity contribution in [2.45, 2.75) is 6.92 Å². The van der Waals surface area contributed by atoms with Gasteiger partial charge in [-0.15, -0.1) is 0 Å². The van der Waals surface area contributed by atoms with Gasteiger partial charge in [0.05, 0.1) is 6.61 Å². The van der Waals surface area contributed by atoms with E-state index in [2.05, 4.69) is 11.1 Å². The number of ether oxygens (including phenoxy) is 1. The Labute approximate surface area is 122 Å². The van der Waals surface area contributed by atoms with Gasteiger partial charge in [0.15, 0.2) is 0 Å². The Hall–Kier alpha value is -2.75. The molecule has 0 saturated carbocycles. The number of fused-ring (bicyclic) bond motifs is 1. The molecule has 0 fully saturated rings. The largest absolute Gasteiger partial charge is 0.462 e. The normalized spacial score (nSPS) is 10.7. The van der Waals surface area contributed by atoms with Crippen LogP contribution in [0.15, 0.2) is 48.7 Å². The fourth-order valence-electron chi connectivity index (χ4n) is 2.45. The summed E-state index contributed by atoms with van der Waals surface area (Å²) in [7, 11) is 0. The van der Waals surface area contributed by atoms with Gasteiger partial charge in [-0.2, -0.15) is 0 Å². The summed E-state index contributed by atoms with van der Waals surface area (Å²) in [6, 6.07) is 14.1. The van der Waals surface area contributed by atoms with Gasteiger partial charge in [-0.25, -0.2) is 4.79 Å². The Bertz CT molecular complexity index is 805. The van der Waals surface area contributed by atoms with E-state index in [0.717, 1.165) is 21.9 Å². The standard InChI is InChI=1S/C17H16N2O2/c1-2-21-17(20)15-14(10-19-16(15)18)13-8-7-11-5-3-4-6-12(11)9-13/h3-10,19H,2,18H2,1H3. The number of rotatable bonds is 3. The van der Waals surface area contributed by atoms with Crippen LogP contribution in [0.1, 0.15) is 17.3 Å². The predicted molar refractivity (Wildman–Crippen MR) is 84.1 cm³/mol. The van der Waals surface area contributed by atoms with E-state index >= 15 is 0 Å². The molecular weight excluding hydrogens is 264 g/mol. The van der Waals surface area contributed by atoms with E-state index < -0.39 is 5.97 Å². The molecule has 1 aromatic heterocycles. The lowest BCUT2D eigenvalue weighted by atomic mass is 10.0. The summed E-state index contributed by atoms with van der Waals surface area (Å²) in [6.07, 6.45) is 1.74. The van der Waals surface area contributed by atoms with Gasteiger partial charge in [0.1, 0.15) is 11.4 Å². The Morgan fingerprint density at radius 2 is 1.95 bits per heavy atom.